The van der Waals surface area contributed by atoms with Crippen molar-refractivity contribution in [3.05, 3.63) is 40.7 Å². The van der Waals surface area contributed by atoms with E-state index in [0.717, 1.165) is 29.0 Å². The van der Waals surface area contributed by atoms with Crippen LogP contribution in [0.25, 0.3) is 11.0 Å². The Hall–Kier alpha value is -2.21. The number of aromatic nitrogens is 4. The monoisotopic (exact) mass is 285 g/mol. The molecular weight excluding hydrogens is 266 g/mol. The van der Waals surface area contributed by atoms with E-state index in [9.17, 15) is 0 Å². The minimum atomic E-state index is 0.287. The van der Waals surface area contributed by atoms with E-state index in [1.807, 2.05) is 19.1 Å². The molecule has 1 N–H and O–H groups in total. The molecule has 0 bridgehead atoms. The van der Waals surface area contributed by atoms with Crippen molar-refractivity contribution >= 4 is 11.0 Å². The maximum absolute atomic E-state index is 4.74. The minimum absolute atomic E-state index is 0.287. The van der Waals surface area contributed by atoms with Crippen LogP contribution in [0.2, 0.25) is 0 Å². The van der Waals surface area contributed by atoms with E-state index in [1.165, 1.54) is 11.1 Å². The molecular formula is C15H19N5O. The summed E-state index contributed by atoms with van der Waals surface area (Å²) in [5.74, 6) is 0. The maximum atomic E-state index is 4.74. The number of hydrogen-bond acceptors (Lipinski definition) is 5. The van der Waals surface area contributed by atoms with E-state index in [-0.39, 0.29) is 6.04 Å². The minimum Gasteiger partial charge on any atom is -0.295 e. The van der Waals surface area contributed by atoms with Gasteiger partial charge in [-0.3, -0.25) is 10.00 Å². The van der Waals surface area contributed by atoms with Gasteiger partial charge in [-0.25, -0.2) is 4.63 Å². The largest absolute Gasteiger partial charge is 0.295 e. The quantitative estimate of drug-likeness (QED) is 0.798. The molecule has 0 aliphatic rings. The Bertz CT molecular complexity index is 741. The summed E-state index contributed by atoms with van der Waals surface area (Å²) in [5.41, 5.74) is 6.22. The van der Waals surface area contributed by atoms with Gasteiger partial charge in [0.25, 0.3) is 0 Å². The zero-order chi connectivity index (χ0) is 15.0. The molecule has 0 spiro atoms. The lowest BCUT2D eigenvalue weighted by molar-refractivity contribution is 0.252. The van der Waals surface area contributed by atoms with Crippen LogP contribution in [-0.4, -0.2) is 32.5 Å². The number of nitrogens with zero attached hydrogens (tertiary/aromatic N) is 4. The summed E-state index contributed by atoms with van der Waals surface area (Å²) in [7, 11) is 2.11. The maximum Gasteiger partial charge on any atom is 0.135 e. The van der Waals surface area contributed by atoms with E-state index in [2.05, 4.69) is 52.4 Å². The van der Waals surface area contributed by atoms with Gasteiger partial charge in [-0.2, -0.15) is 5.10 Å². The molecule has 0 aliphatic carbocycles. The van der Waals surface area contributed by atoms with Crippen molar-refractivity contribution in [3.8, 4) is 0 Å². The Morgan fingerprint density at radius 3 is 2.71 bits per heavy atom. The van der Waals surface area contributed by atoms with Gasteiger partial charge in [-0.05, 0) is 55.8 Å². The fourth-order valence-corrected chi connectivity index (χ4v) is 2.75. The number of aromatic amines is 1. The smallest absolute Gasteiger partial charge is 0.135 e. The number of H-pyrrole nitrogens is 1. The first-order valence-corrected chi connectivity index (χ1v) is 6.99. The van der Waals surface area contributed by atoms with Gasteiger partial charge >= 0.3 is 0 Å². The fourth-order valence-electron chi connectivity index (χ4n) is 2.75. The standard InChI is InChI=1S/C15H19N5O/c1-9-15(10(2)17-16-9)11(3)20(4)8-12-5-6-13-14(7-12)19-21-18-13/h5-7,11H,8H2,1-4H3,(H,16,17). The molecule has 1 unspecified atom stereocenters. The first-order valence-electron chi connectivity index (χ1n) is 6.99. The summed E-state index contributed by atoms with van der Waals surface area (Å²) in [6, 6.07) is 6.30. The summed E-state index contributed by atoms with van der Waals surface area (Å²) in [5, 5.41) is 15.0. The Morgan fingerprint density at radius 1 is 1.24 bits per heavy atom. The number of aryl methyl sites for hydroxylation is 2. The van der Waals surface area contributed by atoms with Gasteiger partial charge in [-0.1, -0.05) is 6.07 Å². The van der Waals surface area contributed by atoms with Crippen LogP contribution in [0.1, 0.15) is 35.5 Å². The Morgan fingerprint density at radius 2 is 2.00 bits per heavy atom. The van der Waals surface area contributed by atoms with Crippen molar-refractivity contribution in [2.24, 2.45) is 0 Å². The summed E-state index contributed by atoms with van der Waals surface area (Å²) < 4.78 is 4.74. The number of fused-ring (bicyclic) bond motifs is 1. The van der Waals surface area contributed by atoms with Crippen LogP contribution in [0.3, 0.4) is 0 Å². The second-order valence-electron chi connectivity index (χ2n) is 5.53. The molecule has 2 aromatic heterocycles. The number of nitrogens with one attached hydrogen (secondary N) is 1. The van der Waals surface area contributed by atoms with E-state index in [0.29, 0.717) is 0 Å². The third kappa shape index (κ3) is 2.54. The van der Waals surface area contributed by atoms with Crippen LogP contribution in [0.5, 0.6) is 0 Å². The normalized spacial score (nSPS) is 13.2. The summed E-state index contributed by atoms with van der Waals surface area (Å²) in [6.07, 6.45) is 0. The van der Waals surface area contributed by atoms with Gasteiger partial charge in [0.2, 0.25) is 0 Å². The average molecular weight is 285 g/mol. The number of benzene rings is 1. The Kier molecular flexibility index (Phi) is 3.47. The van der Waals surface area contributed by atoms with E-state index in [4.69, 9.17) is 4.63 Å². The molecule has 0 saturated heterocycles. The van der Waals surface area contributed by atoms with Crippen LogP contribution in [0.15, 0.2) is 22.8 Å². The lowest BCUT2D eigenvalue weighted by Gasteiger charge is -2.25. The van der Waals surface area contributed by atoms with E-state index >= 15 is 0 Å². The molecule has 1 aromatic carbocycles. The molecule has 3 rings (SSSR count). The average Bonchev–Trinajstić information content (AvgIpc) is 3.04. The summed E-state index contributed by atoms with van der Waals surface area (Å²) >= 11 is 0. The van der Waals surface area contributed by atoms with Crippen LogP contribution in [0, 0.1) is 13.8 Å². The lowest BCUT2D eigenvalue weighted by Crippen LogP contribution is -2.22. The van der Waals surface area contributed by atoms with Crippen molar-refractivity contribution < 1.29 is 4.63 Å². The Balaban J connectivity index is 1.80. The molecule has 0 fully saturated rings. The molecule has 21 heavy (non-hydrogen) atoms. The van der Waals surface area contributed by atoms with Crippen molar-refractivity contribution in [2.75, 3.05) is 7.05 Å². The van der Waals surface area contributed by atoms with Crippen LogP contribution < -0.4 is 0 Å². The Labute approximate surface area is 123 Å². The van der Waals surface area contributed by atoms with Crippen LogP contribution >= 0.6 is 0 Å². The molecule has 6 nitrogen and oxygen atoms in total. The molecule has 2 heterocycles. The van der Waals surface area contributed by atoms with E-state index < -0.39 is 0 Å². The predicted octanol–water partition coefficient (Wildman–Crippen LogP) is 2.76. The van der Waals surface area contributed by atoms with Crippen molar-refractivity contribution in [1.82, 2.24) is 25.4 Å². The second kappa shape index (κ2) is 5.29. The molecule has 0 aliphatic heterocycles. The molecule has 0 radical (unpaired) electrons. The van der Waals surface area contributed by atoms with Crippen LogP contribution in [0.4, 0.5) is 0 Å². The predicted molar refractivity (Wildman–Crippen MR) is 79.7 cm³/mol. The van der Waals surface area contributed by atoms with Gasteiger partial charge in [0.05, 0.1) is 5.69 Å². The molecule has 0 saturated carbocycles. The highest BCUT2D eigenvalue weighted by molar-refractivity contribution is 5.73. The fraction of sp³-hybridized carbons (Fsp3) is 0.400. The van der Waals surface area contributed by atoms with Crippen molar-refractivity contribution in [2.45, 2.75) is 33.4 Å². The zero-order valence-corrected chi connectivity index (χ0v) is 12.7. The van der Waals surface area contributed by atoms with Gasteiger partial charge in [-0.15, -0.1) is 0 Å². The number of hydrogen-bond donors (Lipinski definition) is 1. The summed E-state index contributed by atoms with van der Waals surface area (Å²) in [4.78, 5) is 2.29. The zero-order valence-electron chi connectivity index (χ0n) is 12.7. The lowest BCUT2D eigenvalue weighted by atomic mass is 10.0. The first-order chi connectivity index (χ1) is 10.1. The van der Waals surface area contributed by atoms with Gasteiger partial charge in [0.1, 0.15) is 11.0 Å². The third-order valence-electron chi connectivity index (χ3n) is 4.01. The topological polar surface area (TPSA) is 70.8 Å². The third-order valence-corrected chi connectivity index (χ3v) is 4.01. The highest BCUT2D eigenvalue weighted by Gasteiger charge is 2.18. The molecule has 3 aromatic rings. The van der Waals surface area contributed by atoms with Crippen molar-refractivity contribution in [3.63, 3.8) is 0 Å². The first kappa shape index (κ1) is 13.8. The SMILES string of the molecule is Cc1n[nH]c(C)c1C(C)N(C)Cc1ccc2nonc2c1. The van der Waals surface area contributed by atoms with Gasteiger partial charge in [0, 0.05) is 23.8 Å². The van der Waals surface area contributed by atoms with E-state index in [1.54, 1.807) is 0 Å². The molecule has 1 atom stereocenters. The molecule has 0 amide bonds. The second-order valence-corrected chi connectivity index (χ2v) is 5.53. The van der Waals surface area contributed by atoms with Gasteiger partial charge in [0.15, 0.2) is 0 Å². The number of rotatable bonds is 4. The highest BCUT2D eigenvalue weighted by atomic mass is 16.6. The summed E-state index contributed by atoms with van der Waals surface area (Å²) in [6.45, 7) is 7.12. The molecule has 6 heteroatoms. The highest BCUT2D eigenvalue weighted by Crippen LogP contribution is 2.25. The molecule has 110 valence electrons. The van der Waals surface area contributed by atoms with Crippen LogP contribution in [-0.2, 0) is 6.54 Å². The van der Waals surface area contributed by atoms with Gasteiger partial charge < -0.3 is 0 Å². The van der Waals surface area contributed by atoms with Crippen molar-refractivity contribution in [1.29, 1.82) is 0 Å².